The van der Waals surface area contributed by atoms with Gasteiger partial charge >= 0.3 is 0 Å². The summed E-state index contributed by atoms with van der Waals surface area (Å²) in [5, 5.41) is 3.29. The van der Waals surface area contributed by atoms with E-state index < -0.39 is 10.0 Å². The van der Waals surface area contributed by atoms with E-state index in [0.717, 1.165) is 43.9 Å². The number of hydrogen-bond acceptors (Lipinski definition) is 6. The number of piperidine rings is 1. The lowest BCUT2D eigenvalue weighted by atomic mass is 9.79. The molecular formula is C16H23N5O2S2. The molecule has 0 aromatic carbocycles. The first-order valence-corrected chi connectivity index (χ1v) is 10.9. The Morgan fingerprint density at radius 1 is 1.24 bits per heavy atom. The number of sulfonamides is 1. The van der Waals surface area contributed by atoms with Gasteiger partial charge in [-0.05, 0) is 31.2 Å². The zero-order valence-corrected chi connectivity index (χ0v) is 16.0. The molecule has 0 saturated carbocycles. The summed E-state index contributed by atoms with van der Waals surface area (Å²) in [6, 6.07) is 0. The van der Waals surface area contributed by atoms with Crippen LogP contribution in [0.3, 0.4) is 0 Å². The average Bonchev–Trinajstić information content (AvgIpc) is 3.30. The van der Waals surface area contributed by atoms with Crippen LogP contribution in [-0.4, -0.2) is 58.3 Å². The number of likely N-dealkylation sites (tertiary alicyclic amines) is 1. The first-order chi connectivity index (χ1) is 12.0. The van der Waals surface area contributed by atoms with Gasteiger partial charge in [-0.2, -0.15) is 4.31 Å². The quantitative estimate of drug-likeness (QED) is 0.804. The number of nitrogens with zero attached hydrogens (tertiary/aromatic N) is 5. The SMILES string of the molecule is Cn1cnc(S(=O)(=O)N2CCC3(CCCN(Cc4nccs4)C3)C2)c1. The van der Waals surface area contributed by atoms with Gasteiger partial charge in [0.05, 0.1) is 12.9 Å². The highest BCUT2D eigenvalue weighted by Gasteiger charge is 2.45. The maximum Gasteiger partial charge on any atom is 0.262 e. The van der Waals surface area contributed by atoms with Crippen LogP contribution >= 0.6 is 11.3 Å². The molecule has 0 amide bonds. The van der Waals surface area contributed by atoms with Crippen LogP contribution < -0.4 is 0 Å². The summed E-state index contributed by atoms with van der Waals surface area (Å²) >= 11 is 1.68. The van der Waals surface area contributed by atoms with Gasteiger partial charge in [0.15, 0.2) is 5.03 Å². The van der Waals surface area contributed by atoms with Crippen molar-refractivity contribution in [3.8, 4) is 0 Å². The number of aryl methyl sites for hydroxylation is 1. The second kappa shape index (κ2) is 6.46. The molecule has 0 radical (unpaired) electrons. The molecule has 25 heavy (non-hydrogen) atoms. The lowest BCUT2D eigenvalue weighted by Crippen LogP contribution is -2.45. The second-order valence-corrected chi connectivity index (χ2v) is 10.1. The Bertz CT molecular complexity index is 833. The summed E-state index contributed by atoms with van der Waals surface area (Å²) in [7, 11) is -1.70. The number of thiazole rings is 1. The largest absolute Gasteiger partial charge is 0.339 e. The summed E-state index contributed by atoms with van der Waals surface area (Å²) < 4.78 is 29.0. The van der Waals surface area contributed by atoms with E-state index in [2.05, 4.69) is 14.9 Å². The van der Waals surface area contributed by atoms with E-state index in [1.54, 1.807) is 33.5 Å². The van der Waals surface area contributed by atoms with Gasteiger partial charge in [-0.15, -0.1) is 11.3 Å². The minimum atomic E-state index is -3.49. The second-order valence-electron chi connectivity index (χ2n) is 7.21. The molecule has 2 aromatic heterocycles. The summed E-state index contributed by atoms with van der Waals surface area (Å²) in [5.41, 5.74) is 0.0668. The van der Waals surface area contributed by atoms with Gasteiger partial charge in [0.1, 0.15) is 5.01 Å². The van der Waals surface area contributed by atoms with Crippen molar-refractivity contribution < 1.29 is 8.42 Å². The van der Waals surface area contributed by atoms with Gasteiger partial charge < -0.3 is 4.57 Å². The predicted octanol–water partition coefficient (Wildman–Crippen LogP) is 1.55. The van der Waals surface area contributed by atoms with E-state index in [-0.39, 0.29) is 10.4 Å². The molecule has 2 aliphatic rings. The van der Waals surface area contributed by atoms with Crippen LogP contribution in [0, 0.1) is 5.41 Å². The van der Waals surface area contributed by atoms with Crippen LogP contribution in [0.15, 0.2) is 29.1 Å². The third-order valence-electron chi connectivity index (χ3n) is 5.27. The Morgan fingerprint density at radius 2 is 2.12 bits per heavy atom. The minimum Gasteiger partial charge on any atom is -0.339 e. The molecular weight excluding hydrogens is 358 g/mol. The molecule has 9 heteroatoms. The van der Waals surface area contributed by atoms with Gasteiger partial charge in [-0.1, -0.05) is 0 Å². The fraction of sp³-hybridized carbons (Fsp3) is 0.625. The summed E-state index contributed by atoms with van der Waals surface area (Å²) in [6.45, 7) is 4.06. The fourth-order valence-corrected chi connectivity index (χ4v) is 6.23. The molecule has 2 aromatic rings. The van der Waals surface area contributed by atoms with Crippen LogP contribution in [-0.2, 0) is 23.6 Å². The Morgan fingerprint density at radius 3 is 2.84 bits per heavy atom. The van der Waals surface area contributed by atoms with Crippen LogP contribution in [0.5, 0.6) is 0 Å². The van der Waals surface area contributed by atoms with Gasteiger partial charge in [-0.25, -0.2) is 18.4 Å². The Balaban J connectivity index is 1.47. The van der Waals surface area contributed by atoms with Crippen LogP contribution in [0.25, 0.3) is 0 Å². The van der Waals surface area contributed by atoms with Crippen molar-refractivity contribution in [1.29, 1.82) is 0 Å². The number of hydrogen-bond donors (Lipinski definition) is 0. The van der Waals surface area contributed by atoms with E-state index in [4.69, 9.17) is 0 Å². The monoisotopic (exact) mass is 381 g/mol. The van der Waals surface area contributed by atoms with Crippen molar-refractivity contribution in [2.75, 3.05) is 26.2 Å². The van der Waals surface area contributed by atoms with Crippen molar-refractivity contribution in [2.24, 2.45) is 12.5 Å². The normalized spacial score (nSPS) is 25.8. The van der Waals surface area contributed by atoms with Crippen LogP contribution in [0.2, 0.25) is 0 Å². The average molecular weight is 382 g/mol. The maximum atomic E-state index is 12.8. The van der Waals surface area contributed by atoms with E-state index in [1.165, 1.54) is 6.33 Å². The molecule has 1 unspecified atom stereocenters. The van der Waals surface area contributed by atoms with Gasteiger partial charge in [0, 0.05) is 44.5 Å². The molecule has 1 atom stereocenters. The molecule has 2 saturated heterocycles. The molecule has 2 fully saturated rings. The van der Waals surface area contributed by atoms with E-state index in [9.17, 15) is 8.42 Å². The molecule has 4 rings (SSSR count). The number of imidazole rings is 1. The van der Waals surface area contributed by atoms with Crippen LogP contribution in [0.1, 0.15) is 24.3 Å². The van der Waals surface area contributed by atoms with Crippen molar-refractivity contribution in [3.05, 3.63) is 29.1 Å². The Hall–Kier alpha value is -1.29. The highest BCUT2D eigenvalue weighted by atomic mass is 32.2. The summed E-state index contributed by atoms with van der Waals surface area (Å²) in [6.07, 6.45) is 8.09. The molecule has 1 spiro atoms. The molecule has 0 bridgehead atoms. The summed E-state index contributed by atoms with van der Waals surface area (Å²) in [4.78, 5) is 10.9. The minimum absolute atomic E-state index is 0.0668. The van der Waals surface area contributed by atoms with E-state index in [1.807, 2.05) is 11.6 Å². The zero-order chi connectivity index (χ0) is 17.5. The standard InChI is InChI=1S/C16H23N5O2S2/c1-19-10-15(18-13-19)25(22,23)21-7-4-16(12-21)3-2-6-20(11-16)9-14-17-5-8-24-14/h5,8,10,13H,2-4,6-7,9,11-12H2,1H3. The number of rotatable bonds is 4. The Labute approximate surface area is 152 Å². The lowest BCUT2D eigenvalue weighted by Gasteiger charge is -2.40. The van der Waals surface area contributed by atoms with Gasteiger partial charge in [0.2, 0.25) is 0 Å². The topological polar surface area (TPSA) is 71.3 Å². The van der Waals surface area contributed by atoms with Crippen LogP contribution in [0.4, 0.5) is 0 Å². The fourth-order valence-electron chi connectivity index (χ4n) is 4.05. The first kappa shape index (κ1) is 17.1. The number of aromatic nitrogens is 3. The predicted molar refractivity (Wildman–Crippen MR) is 95.6 cm³/mol. The van der Waals surface area contributed by atoms with Crippen molar-refractivity contribution in [3.63, 3.8) is 0 Å². The molecule has 4 heterocycles. The zero-order valence-electron chi connectivity index (χ0n) is 14.3. The third-order valence-corrected chi connectivity index (χ3v) is 7.77. The van der Waals surface area contributed by atoms with Crippen molar-refractivity contribution in [2.45, 2.75) is 30.8 Å². The van der Waals surface area contributed by atoms with Gasteiger partial charge in [0.25, 0.3) is 10.0 Å². The highest BCUT2D eigenvalue weighted by molar-refractivity contribution is 7.89. The van der Waals surface area contributed by atoms with Crippen molar-refractivity contribution in [1.82, 2.24) is 23.7 Å². The Kier molecular flexibility index (Phi) is 4.43. The van der Waals surface area contributed by atoms with E-state index >= 15 is 0 Å². The molecule has 0 N–H and O–H groups in total. The smallest absolute Gasteiger partial charge is 0.262 e. The molecule has 7 nitrogen and oxygen atoms in total. The third kappa shape index (κ3) is 3.38. The molecule has 0 aliphatic carbocycles. The highest BCUT2D eigenvalue weighted by Crippen LogP contribution is 2.41. The molecule has 2 aliphatic heterocycles. The lowest BCUT2D eigenvalue weighted by molar-refractivity contribution is 0.0934. The first-order valence-electron chi connectivity index (χ1n) is 8.56. The van der Waals surface area contributed by atoms with Crippen molar-refractivity contribution >= 4 is 21.4 Å². The maximum absolute atomic E-state index is 12.8. The summed E-state index contributed by atoms with van der Waals surface area (Å²) in [5.74, 6) is 0. The van der Waals surface area contributed by atoms with Gasteiger partial charge in [-0.3, -0.25) is 4.90 Å². The van der Waals surface area contributed by atoms with E-state index in [0.29, 0.717) is 13.1 Å². The molecule has 136 valence electrons.